The summed E-state index contributed by atoms with van der Waals surface area (Å²) in [6, 6.07) is 8.95. The summed E-state index contributed by atoms with van der Waals surface area (Å²) >= 11 is 5.95. The molecule has 1 fully saturated rings. The molecule has 0 heterocycles. The third-order valence-electron chi connectivity index (χ3n) is 4.00. The molecule has 0 spiro atoms. The number of nitrogens with one attached hydrogen (secondary N) is 1. The molecule has 1 aromatic carbocycles. The fourth-order valence-corrected chi connectivity index (χ4v) is 2.94. The molecular formula is C14H20ClN. The molecule has 0 bridgehead atoms. The van der Waals surface area contributed by atoms with E-state index in [1.165, 1.54) is 24.8 Å². The molecule has 1 atom stereocenters. The van der Waals surface area contributed by atoms with E-state index in [4.69, 9.17) is 11.6 Å². The first-order chi connectivity index (χ1) is 7.69. The summed E-state index contributed by atoms with van der Waals surface area (Å²) in [4.78, 5) is 0. The van der Waals surface area contributed by atoms with Gasteiger partial charge in [-0.1, -0.05) is 37.1 Å². The van der Waals surface area contributed by atoms with Crippen LogP contribution in [0.4, 0.5) is 0 Å². The van der Waals surface area contributed by atoms with Crippen molar-refractivity contribution in [3.05, 3.63) is 34.9 Å². The molecule has 16 heavy (non-hydrogen) atoms. The summed E-state index contributed by atoms with van der Waals surface area (Å²) in [5.74, 6) is 0. The molecule has 1 saturated carbocycles. The molecule has 0 aliphatic heterocycles. The van der Waals surface area contributed by atoms with Crippen LogP contribution in [0.2, 0.25) is 5.02 Å². The summed E-state index contributed by atoms with van der Waals surface area (Å²) < 4.78 is 0. The predicted molar refractivity (Wildman–Crippen MR) is 70.1 cm³/mol. The summed E-state index contributed by atoms with van der Waals surface area (Å²) in [6.07, 6.45) is 3.93. The molecule has 2 rings (SSSR count). The number of benzene rings is 1. The van der Waals surface area contributed by atoms with Crippen LogP contribution in [-0.2, 0) is 5.41 Å². The highest BCUT2D eigenvalue weighted by atomic mass is 35.5. The van der Waals surface area contributed by atoms with Gasteiger partial charge in [0.15, 0.2) is 0 Å². The van der Waals surface area contributed by atoms with Crippen LogP contribution in [0.25, 0.3) is 0 Å². The SMILES string of the molecule is CCNC(C)C1(c2ccc(Cl)cc2)CCC1. The van der Waals surface area contributed by atoms with Crippen molar-refractivity contribution in [2.45, 2.75) is 44.6 Å². The standard InChI is InChI=1S/C14H20ClN/c1-3-16-11(2)14(9-4-10-14)12-5-7-13(15)8-6-12/h5-8,11,16H,3-4,9-10H2,1-2H3. The van der Waals surface area contributed by atoms with Gasteiger partial charge < -0.3 is 5.32 Å². The lowest BCUT2D eigenvalue weighted by Crippen LogP contribution is -2.51. The van der Waals surface area contributed by atoms with Crippen LogP contribution in [0, 0.1) is 0 Å². The minimum atomic E-state index is 0.348. The highest BCUT2D eigenvalue weighted by molar-refractivity contribution is 6.30. The van der Waals surface area contributed by atoms with Crippen LogP contribution in [0.15, 0.2) is 24.3 Å². The Morgan fingerprint density at radius 3 is 2.38 bits per heavy atom. The molecule has 2 heteroatoms. The smallest absolute Gasteiger partial charge is 0.0406 e. The maximum atomic E-state index is 5.95. The fourth-order valence-electron chi connectivity index (χ4n) is 2.81. The fraction of sp³-hybridized carbons (Fsp3) is 0.571. The molecule has 1 N–H and O–H groups in total. The number of halogens is 1. The van der Waals surface area contributed by atoms with Crippen LogP contribution >= 0.6 is 11.6 Å². The maximum absolute atomic E-state index is 5.95. The van der Waals surface area contributed by atoms with E-state index in [1.54, 1.807) is 0 Å². The molecule has 1 aromatic rings. The topological polar surface area (TPSA) is 12.0 Å². The van der Waals surface area contributed by atoms with Gasteiger partial charge in [0.1, 0.15) is 0 Å². The van der Waals surface area contributed by atoms with Gasteiger partial charge in [-0.2, -0.15) is 0 Å². The Hall–Kier alpha value is -0.530. The van der Waals surface area contributed by atoms with Crippen molar-refractivity contribution in [1.29, 1.82) is 0 Å². The van der Waals surface area contributed by atoms with Crippen LogP contribution < -0.4 is 5.32 Å². The van der Waals surface area contributed by atoms with Crippen molar-refractivity contribution in [2.75, 3.05) is 6.54 Å². The van der Waals surface area contributed by atoms with E-state index in [-0.39, 0.29) is 0 Å². The average molecular weight is 238 g/mol. The molecule has 0 aromatic heterocycles. The Balaban J connectivity index is 2.24. The van der Waals surface area contributed by atoms with Gasteiger partial charge in [0.05, 0.1) is 0 Å². The lowest BCUT2D eigenvalue weighted by atomic mass is 9.60. The van der Waals surface area contributed by atoms with Crippen molar-refractivity contribution in [2.24, 2.45) is 0 Å². The molecule has 1 unspecified atom stereocenters. The number of hydrogen-bond acceptors (Lipinski definition) is 1. The Morgan fingerprint density at radius 1 is 1.31 bits per heavy atom. The van der Waals surface area contributed by atoms with Crippen LogP contribution in [-0.4, -0.2) is 12.6 Å². The van der Waals surface area contributed by atoms with Gasteiger partial charge >= 0.3 is 0 Å². The van der Waals surface area contributed by atoms with E-state index in [0.29, 0.717) is 11.5 Å². The van der Waals surface area contributed by atoms with Crippen LogP contribution in [0.1, 0.15) is 38.7 Å². The molecular weight excluding hydrogens is 218 g/mol. The van der Waals surface area contributed by atoms with Crippen LogP contribution in [0.5, 0.6) is 0 Å². The highest BCUT2D eigenvalue weighted by Crippen LogP contribution is 2.46. The zero-order valence-electron chi connectivity index (χ0n) is 10.1. The van der Waals surface area contributed by atoms with Gasteiger partial charge in [-0.15, -0.1) is 0 Å². The van der Waals surface area contributed by atoms with Crippen molar-refractivity contribution < 1.29 is 0 Å². The first kappa shape index (κ1) is 11.9. The van der Waals surface area contributed by atoms with Crippen molar-refractivity contribution in [1.82, 2.24) is 5.32 Å². The monoisotopic (exact) mass is 237 g/mol. The molecule has 88 valence electrons. The van der Waals surface area contributed by atoms with Gasteiger partial charge in [-0.05, 0) is 44.0 Å². The summed E-state index contributed by atoms with van der Waals surface area (Å²) in [5.41, 5.74) is 1.79. The van der Waals surface area contributed by atoms with Gasteiger partial charge in [0.25, 0.3) is 0 Å². The predicted octanol–water partition coefficient (Wildman–Crippen LogP) is 3.76. The minimum absolute atomic E-state index is 0.348. The van der Waals surface area contributed by atoms with Gasteiger partial charge in [-0.25, -0.2) is 0 Å². The number of hydrogen-bond donors (Lipinski definition) is 1. The zero-order valence-corrected chi connectivity index (χ0v) is 10.8. The minimum Gasteiger partial charge on any atom is -0.314 e. The second-order valence-corrected chi connectivity index (χ2v) is 5.23. The molecule has 1 nitrogen and oxygen atoms in total. The Kier molecular flexibility index (Phi) is 3.56. The van der Waals surface area contributed by atoms with Gasteiger partial charge in [-0.3, -0.25) is 0 Å². The summed E-state index contributed by atoms with van der Waals surface area (Å²) in [5, 5.41) is 4.40. The lowest BCUT2D eigenvalue weighted by molar-refractivity contribution is 0.181. The number of rotatable bonds is 4. The Bertz CT molecular complexity index is 340. The van der Waals surface area contributed by atoms with Gasteiger partial charge in [0, 0.05) is 16.5 Å². The van der Waals surface area contributed by atoms with E-state index in [0.717, 1.165) is 11.6 Å². The zero-order chi connectivity index (χ0) is 11.6. The summed E-state index contributed by atoms with van der Waals surface area (Å²) in [6.45, 7) is 5.51. The molecule has 0 saturated heterocycles. The Morgan fingerprint density at radius 2 is 1.94 bits per heavy atom. The second kappa shape index (κ2) is 4.77. The van der Waals surface area contributed by atoms with Crippen molar-refractivity contribution >= 4 is 11.6 Å². The summed E-state index contributed by atoms with van der Waals surface area (Å²) in [7, 11) is 0. The van der Waals surface area contributed by atoms with E-state index < -0.39 is 0 Å². The molecule has 1 aliphatic carbocycles. The first-order valence-electron chi connectivity index (χ1n) is 6.18. The quantitative estimate of drug-likeness (QED) is 0.841. The first-order valence-corrected chi connectivity index (χ1v) is 6.56. The third kappa shape index (κ3) is 1.99. The molecule has 0 radical (unpaired) electrons. The van der Waals surface area contributed by atoms with E-state index in [1.807, 2.05) is 12.1 Å². The second-order valence-electron chi connectivity index (χ2n) is 4.80. The average Bonchev–Trinajstić information content (AvgIpc) is 2.19. The van der Waals surface area contributed by atoms with E-state index >= 15 is 0 Å². The van der Waals surface area contributed by atoms with Gasteiger partial charge in [0.2, 0.25) is 0 Å². The lowest BCUT2D eigenvalue weighted by Gasteiger charge is -2.47. The van der Waals surface area contributed by atoms with Crippen molar-refractivity contribution in [3.8, 4) is 0 Å². The third-order valence-corrected chi connectivity index (χ3v) is 4.26. The van der Waals surface area contributed by atoms with E-state index in [9.17, 15) is 0 Å². The van der Waals surface area contributed by atoms with E-state index in [2.05, 4.69) is 31.3 Å². The molecule has 0 amide bonds. The highest BCUT2D eigenvalue weighted by Gasteiger charge is 2.42. The largest absolute Gasteiger partial charge is 0.314 e. The normalized spacial score (nSPS) is 20.2. The van der Waals surface area contributed by atoms with Crippen LogP contribution in [0.3, 0.4) is 0 Å². The van der Waals surface area contributed by atoms with Crippen molar-refractivity contribution in [3.63, 3.8) is 0 Å². The maximum Gasteiger partial charge on any atom is 0.0406 e. The number of likely N-dealkylation sites (N-methyl/N-ethyl adjacent to an activating group) is 1. The Labute approximate surface area is 103 Å². The molecule has 1 aliphatic rings.